The van der Waals surface area contributed by atoms with Crippen LogP contribution in [0.3, 0.4) is 0 Å². The summed E-state index contributed by atoms with van der Waals surface area (Å²) < 4.78 is 27.1. The summed E-state index contributed by atoms with van der Waals surface area (Å²) >= 11 is 0. The number of carboxylic acids is 1. The van der Waals surface area contributed by atoms with Gasteiger partial charge in [0.15, 0.2) is 0 Å². The Balaban J connectivity index is 2.02. The summed E-state index contributed by atoms with van der Waals surface area (Å²) in [4.78, 5) is 23.0. The Morgan fingerprint density at radius 3 is 2.33 bits per heavy atom. The Morgan fingerprint density at radius 2 is 1.78 bits per heavy atom. The zero-order chi connectivity index (χ0) is 20.0. The summed E-state index contributed by atoms with van der Waals surface area (Å²) in [7, 11) is -1.96. The van der Waals surface area contributed by atoms with E-state index in [-0.39, 0.29) is 29.3 Å². The number of aliphatic carboxylic acids is 1. The van der Waals surface area contributed by atoms with Gasteiger partial charge in [-0.25, -0.2) is 8.42 Å². The lowest BCUT2D eigenvalue weighted by atomic mass is 9.96. The number of carbonyl (C=O) groups is 2. The molecule has 1 saturated carbocycles. The molecule has 2 rings (SSSR count). The summed E-state index contributed by atoms with van der Waals surface area (Å²) in [6.07, 6.45) is 5.31. The standard InChI is InChI=1S/C19H28N2O5S/c1-14(8-13-18(22)23)20-19(24)15-9-11-17(12-10-15)27(25,26)21(2)16-6-4-3-5-7-16/h9-12,14,16H,3-8,13H2,1-2H3,(H,20,24)(H,22,23). The van der Waals surface area contributed by atoms with Gasteiger partial charge in [-0.15, -0.1) is 0 Å². The van der Waals surface area contributed by atoms with Crippen LogP contribution in [0, 0.1) is 0 Å². The minimum Gasteiger partial charge on any atom is -0.481 e. The lowest BCUT2D eigenvalue weighted by Gasteiger charge is -2.30. The average Bonchev–Trinajstić information content (AvgIpc) is 2.66. The number of carboxylic acid groups (broad SMARTS) is 1. The average molecular weight is 397 g/mol. The Hall–Kier alpha value is -1.93. The first-order valence-corrected chi connectivity index (χ1v) is 10.8. The Labute approximate surface area is 160 Å². The van der Waals surface area contributed by atoms with Crippen LogP contribution in [0.2, 0.25) is 0 Å². The molecule has 0 bridgehead atoms. The number of carbonyl (C=O) groups excluding carboxylic acids is 1. The third kappa shape index (κ3) is 5.77. The van der Waals surface area contributed by atoms with Crippen LogP contribution < -0.4 is 5.32 Å². The van der Waals surface area contributed by atoms with Crippen molar-refractivity contribution in [3.05, 3.63) is 29.8 Å². The lowest BCUT2D eigenvalue weighted by Crippen LogP contribution is -2.38. The second kappa shape index (κ2) is 9.32. The van der Waals surface area contributed by atoms with Crippen LogP contribution in [0.15, 0.2) is 29.2 Å². The number of sulfonamides is 1. The maximum Gasteiger partial charge on any atom is 0.303 e. The molecule has 0 aliphatic heterocycles. The summed E-state index contributed by atoms with van der Waals surface area (Å²) in [5.74, 6) is -1.26. The number of hydrogen-bond donors (Lipinski definition) is 2. The number of benzene rings is 1. The molecule has 1 unspecified atom stereocenters. The predicted octanol–water partition coefficient (Wildman–Crippen LogP) is 2.62. The van der Waals surface area contributed by atoms with Crippen LogP contribution >= 0.6 is 0 Å². The Bertz CT molecular complexity index is 755. The van der Waals surface area contributed by atoms with Gasteiger partial charge in [-0.2, -0.15) is 4.31 Å². The van der Waals surface area contributed by atoms with Gasteiger partial charge in [-0.3, -0.25) is 9.59 Å². The quantitative estimate of drug-likeness (QED) is 0.703. The molecule has 150 valence electrons. The first kappa shape index (κ1) is 21.4. The summed E-state index contributed by atoms with van der Waals surface area (Å²) in [6.45, 7) is 1.73. The molecule has 1 atom stereocenters. The van der Waals surface area contributed by atoms with Crippen molar-refractivity contribution >= 4 is 21.9 Å². The zero-order valence-corrected chi connectivity index (χ0v) is 16.7. The van der Waals surface area contributed by atoms with E-state index in [2.05, 4.69) is 5.32 Å². The van der Waals surface area contributed by atoms with Crippen LogP contribution in [-0.2, 0) is 14.8 Å². The molecule has 7 nitrogen and oxygen atoms in total. The SMILES string of the molecule is CC(CCC(=O)O)NC(=O)c1ccc(S(=O)(=O)N(C)C2CCCCC2)cc1. The number of nitrogens with zero attached hydrogens (tertiary/aromatic N) is 1. The van der Waals surface area contributed by atoms with Gasteiger partial charge < -0.3 is 10.4 Å². The molecule has 0 heterocycles. The molecule has 0 saturated heterocycles. The van der Waals surface area contributed by atoms with Crippen molar-refractivity contribution in [1.29, 1.82) is 0 Å². The maximum absolute atomic E-state index is 12.8. The van der Waals surface area contributed by atoms with E-state index < -0.39 is 16.0 Å². The maximum atomic E-state index is 12.8. The van der Waals surface area contributed by atoms with Crippen LogP contribution in [0.1, 0.15) is 62.2 Å². The fourth-order valence-electron chi connectivity index (χ4n) is 3.30. The highest BCUT2D eigenvalue weighted by molar-refractivity contribution is 7.89. The summed E-state index contributed by atoms with van der Waals surface area (Å²) in [6, 6.07) is 5.62. The summed E-state index contributed by atoms with van der Waals surface area (Å²) in [5.41, 5.74) is 0.344. The Kier molecular flexibility index (Phi) is 7.38. The first-order valence-electron chi connectivity index (χ1n) is 9.32. The topological polar surface area (TPSA) is 104 Å². The van der Waals surface area contributed by atoms with Crippen LogP contribution in [-0.4, -0.2) is 48.8 Å². The van der Waals surface area contributed by atoms with Gasteiger partial charge in [-0.05, 0) is 50.5 Å². The van der Waals surface area contributed by atoms with E-state index >= 15 is 0 Å². The van der Waals surface area contributed by atoms with Crippen molar-refractivity contribution < 1.29 is 23.1 Å². The summed E-state index contributed by atoms with van der Waals surface area (Å²) in [5, 5.41) is 11.4. The van der Waals surface area contributed by atoms with Gasteiger partial charge in [0, 0.05) is 31.1 Å². The molecule has 1 aliphatic carbocycles. The third-order valence-corrected chi connectivity index (χ3v) is 6.98. The smallest absolute Gasteiger partial charge is 0.303 e. The number of hydrogen-bond acceptors (Lipinski definition) is 4. The molecule has 8 heteroatoms. The second-order valence-electron chi connectivity index (χ2n) is 7.14. The fraction of sp³-hybridized carbons (Fsp3) is 0.579. The second-order valence-corrected chi connectivity index (χ2v) is 9.14. The van der Waals surface area contributed by atoms with Crippen molar-refractivity contribution in [1.82, 2.24) is 9.62 Å². The normalized spacial score (nSPS) is 16.9. The zero-order valence-electron chi connectivity index (χ0n) is 15.8. The van der Waals surface area contributed by atoms with E-state index in [4.69, 9.17) is 5.11 Å². The van der Waals surface area contributed by atoms with E-state index in [0.717, 1.165) is 32.1 Å². The molecule has 0 radical (unpaired) electrons. The monoisotopic (exact) mass is 396 g/mol. The third-order valence-electron chi connectivity index (χ3n) is 5.05. The van der Waals surface area contributed by atoms with Crippen molar-refractivity contribution in [3.8, 4) is 0 Å². The van der Waals surface area contributed by atoms with Gasteiger partial charge in [0.05, 0.1) is 4.90 Å². The van der Waals surface area contributed by atoms with E-state index in [0.29, 0.717) is 12.0 Å². The van der Waals surface area contributed by atoms with Crippen LogP contribution in [0.25, 0.3) is 0 Å². The van der Waals surface area contributed by atoms with Crippen LogP contribution in [0.4, 0.5) is 0 Å². The van der Waals surface area contributed by atoms with Gasteiger partial charge >= 0.3 is 5.97 Å². The van der Waals surface area contributed by atoms with E-state index in [1.165, 1.54) is 28.6 Å². The van der Waals surface area contributed by atoms with E-state index in [1.807, 2.05) is 0 Å². The van der Waals surface area contributed by atoms with Gasteiger partial charge in [0.2, 0.25) is 10.0 Å². The molecule has 1 aliphatic rings. The van der Waals surface area contributed by atoms with Crippen LogP contribution in [0.5, 0.6) is 0 Å². The molecule has 1 fully saturated rings. The minimum atomic E-state index is -3.59. The van der Waals surface area contributed by atoms with Crippen molar-refractivity contribution in [2.45, 2.75) is 68.8 Å². The van der Waals surface area contributed by atoms with E-state index in [9.17, 15) is 18.0 Å². The fourth-order valence-corrected chi connectivity index (χ4v) is 4.72. The molecule has 27 heavy (non-hydrogen) atoms. The van der Waals surface area contributed by atoms with Gasteiger partial charge in [0.1, 0.15) is 0 Å². The highest BCUT2D eigenvalue weighted by Crippen LogP contribution is 2.26. The molecule has 0 aromatic heterocycles. The van der Waals surface area contributed by atoms with Crippen molar-refractivity contribution in [2.75, 3.05) is 7.05 Å². The molecular weight excluding hydrogens is 368 g/mol. The number of nitrogens with one attached hydrogen (secondary N) is 1. The van der Waals surface area contributed by atoms with Crippen molar-refractivity contribution in [3.63, 3.8) is 0 Å². The number of amides is 1. The first-order chi connectivity index (χ1) is 12.7. The van der Waals surface area contributed by atoms with Crippen molar-refractivity contribution in [2.24, 2.45) is 0 Å². The molecule has 1 aromatic rings. The molecule has 2 N–H and O–H groups in total. The van der Waals surface area contributed by atoms with Gasteiger partial charge in [-0.1, -0.05) is 19.3 Å². The van der Waals surface area contributed by atoms with E-state index in [1.54, 1.807) is 14.0 Å². The van der Waals surface area contributed by atoms with Gasteiger partial charge in [0.25, 0.3) is 5.91 Å². The molecular formula is C19H28N2O5S. The molecule has 1 amide bonds. The Morgan fingerprint density at radius 1 is 1.19 bits per heavy atom. The number of rotatable bonds is 8. The molecule has 0 spiro atoms. The highest BCUT2D eigenvalue weighted by atomic mass is 32.2. The highest BCUT2D eigenvalue weighted by Gasteiger charge is 2.29. The largest absolute Gasteiger partial charge is 0.481 e. The lowest BCUT2D eigenvalue weighted by molar-refractivity contribution is -0.137. The predicted molar refractivity (Wildman–Crippen MR) is 102 cm³/mol. The molecule has 1 aromatic carbocycles. The minimum absolute atomic E-state index is 0.0217.